The van der Waals surface area contributed by atoms with Gasteiger partial charge in [-0.3, -0.25) is 14.4 Å². The Morgan fingerprint density at radius 3 is 1.38 bits per heavy atom. The lowest BCUT2D eigenvalue weighted by molar-refractivity contribution is -0.0504. The number of carbonyl (C=O) groups is 3. The molecule has 14 heteroatoms. The predicted molar refractivity (Wildman–Crippen MR) is 201 cm³/mol. The molecule has 3 aromatic carbocycles. The largest absolute Gasteiger partial charge is 0.507 e. The van der Waals surface area contributed by atoms with Crippen molar-refractivity contribution in [1.82, 2.24) is 14.7 Å². The normalized spacial score (nSPS) is 19.2. The lowest BCUT2D eigenvalue weighted by Gasteiger charge is -2.30. The van der Waals surface area contributed by atoms with Crippen molar-refractivity contribution in [2.75, 3.05) is 26.7 Å². The molecular formula is C38H38Br3F2N3O6. The summed E-state index contributed by atoms with van der Waals surface area (Å²) in [7, 11) is 1.62. The molecule has 3 aliphatic carbocycles. The minimum absolute atomic E-state index is 0.00579. The van der Waals surface area contributed by atoms with E-state index in [1.54, 1.807) is 24.1 Å². The second-order valence-corrected chi connectivity index (χ2v) is 16.6. The van der Waals surface area contributed by atoms with Gasteiger partial charge >= 0.3 is 6.61 Å². The van der Waals surface area contributed by atoms with Crippen LogP contribution < -0.4 is 9.47 Å². The average molecular weight is 910 g/mol. The zero-order valence-corrected chi connectivity index (χ0v) is 33.2. The van der Waals surface area contributed by atoms with Gasteiger partial charge in [-0.05, 0) is 111 Å². The fourth-order valence-electron chi connectivity index (χ4n) is 7.26. The minimum atomic E-state index is -2.93. The van der Waals surface area contributed by atoms with Crippen molar-refractivity contribution in [3.63, 3.8) is 0 Å². The summed E-state index contributed by atoms with van der Waals surface area (Å²) in [5, 5.41) is 9.85. The van der Waals surface area contributed by atoms with Gasteiger partial charge in [-0.15, -0.1) is 0 Å². The van der Waals surface area contributed by atoms with E-state index in [1.165, 1.54) is 6.07 Å². The number of hydrogen-bond donors (Lipinski definition) is 1. The number of ether oxygens (including phenoxy) is 2. The number of amides is 3. The van der Waals surface area contributed by atoms with Crippen LogP contribution in [0.3, 0.4) is 0 Å². The Hall–Kier alpha value is -3.23. The van der Waals surface area contributed by atoms with Crippen LogP contribution in [0.2, 0.25) is 0 Å². The van der Waals surface area contributed by atoms with Crippen molar-refractivity contribution in [2.45, 2.75) is 82.5 Å². The van der Waals surface area contributed by atoms with Crippen molar-refractivity contribution in [3.8, 4) is 17.2 Å². The number of alkyl halides is 2. The molecule has 3 aromatic rings. The van der Waals surface area contributed by atoms with E-state index < -0.39 is 6.61 Å². The number of carbonyl (C=O) groups excluding carboxylic acids is 3. The molecule has 3 amide bonds. The Balaban J connectivity index is 0.000000122. The van der Waals surface area contributed by atoms with Crippen LogP contribution in [0.15, 0.2) is 49.8 Å². The summed E-state index contributed by atoms with van der Waals surface area (Å²) in [6.07, 6.45) is 8.97. The van der Waals surface area contributed by atoms with Crippen LogP contribution in [0.4, 0.5) is 8.78 Å². The Morgan fingerprint density at radius 1 is 0.615 bits per heavy atom. The van der Waals surface area contributed by atoms with Gasteiger partial charge in [0, 0.05) is 51.2 Å². The SMILES string of the molecule is COc1cc(Br)cc2c1C(=O)N(C1CC1)CC2.O=C1c2c(O)cc(Br)cc2CCN1C1CC1.O=C1c2c(cc(Br)cc2OC(F)F)CCN1C1CC1. The van der Waals surface area contributed by atoms with Crippen molar-refractivity contribution < 1.29 is 37.7 Å². The molecular weight excluding hydrogens is 872 g/mol. The first kappa shape index (κ1) is 37.1. The van der Waals surface area contributed by atoms with E-state index >= 15 is 0 Å². The molecule has 3 fully saturated rings. The third-order valence-electron chi connectivity index (χ3n) is 10.2. The molecule has 9 rings (SSSR count). The number of hydrogen-bond acceptors (Lipinski definition) is 6. The zero-order chi connectivity index (χ0) is 36.8. The quantitative estimate of drug-likeness (QED) is 0.268. The summed E-state index contributed by atoms with van der Waals surface area (Å²) in [5.74, 6) is 0.693. The van der Waals surface area contributed by atoms with Crippen molar-refractivity contribution in [1.29, 1.82) is 0 Å². The Labute approximate surface area is 326 Å². The highest BCUT2D eigenvalue weighted by Gasteiger charge is 2.40. The van der Waals surface area contributed by atoms with Gasteiger partial charge in [-0.25, -0.2) is 0 Å². The van der Waals surface area contributed by atoms with E-state index in [-0.39, 0.29) is 35.3 Å². The van der Waals surface area contributed by atoms with Gasteiger partial charge in [0.05, 0.1) is 23.8 Å². The highest BCUT2D eigenvalue weighted by Crippen LogP contribution is 2.39. The topological polar surface area (TPSA) is 99.6 Å². The number of halogens is 5. The van der Waals surface area contributed by atoms with Crippen LogP contribution in [0.25, 0.3) is 0 Å². The third-order valence-corrected chi connectivity index (χ3v) is 11.5. The van der Waals surface area contributed by atoms with Gasteiger partial charge < -0.3 is 29.3 Å². The third kappa shape index (κ3) is 7.99. The summed E-state index contributed by atoms with van der Waals surface area (Å²) >= 11 is 10.0. The standard InChI is InChI=1S/C13H12BrF2NO2.C13H14BrNO2.C12H12BrNO2/c14-8-5-7-3-4-17(9-1-2-9)12(18)11(7)10(6-8)19-13(15)16;1-17-11-7-9(14)6-8-4-5-15(10-2-3-10)13(16)12(8)11;13-8-5-7-3-4-14(9-1-2-9)12(16)11(7)10(15)6-8/h5-6,9,13H,1-4H2;6-7,10H,2-5H2,1H3;5-6,9,15H,1-4H2. The van der Waals surface area contributed by atoms with Gasteiger partial charge in [-0.2, -0.15) is 8.78 Å². The highest BCUT2D eigenvalue weighted by molar-refractivity contribution is 9.11. The second-order valence-electron chi connectivity index (χ2n) is 13.9. The molecule has 0 radical (unpaired) electrons. The monoisotopic (exact) mass is 907 g/mol. The maximum atomic E-state index is 12.5. The molecule has 3 heterocycles. The molecule has 52 heavy (non-hydrogen) atoms. The number of aromatic hydroxyl groups is 1. The average Bonchev–Trinajstić information content (AvgIpc) is 3.93. The number of nitrogens with zero attached hydrogens (tertiary/aromatic N) is 3. The number of phenols is 1. The smallest absolute Gasteiger partial charge is 0.387 e. The molecule has 3 saturated carbocycles. The van der Waals surface area contributed by atoms with Crippen LogP contribution in [0.5, 0.6) is 17.2 Å². The first-order chi connectivity index (χ1) is 24.9. The van der Waals surface area contributed by atoms with E-state index in [0.717, 1.165) is 95.7 Å². The number of benzene rings is 3. The molecule has 6 aliphatic rings. The molecule has 276 valence electrons. The Kier molecular flexibility index (Phi) is 10.9. The summed E-state index contributed by atoms with van der Waals surface area (Å²) in [5.41, 5.74) is 4.37. The van der Waals surface area contributed by atoms with Gasteiger partial charge in [-0.1, -0.05) is 47.8 Å². The minimum Gasteiger partial charge on any atom is -0.507 e. The predicted octanol–water partition coefficient (Wildman–Crippen LogP) is 8.15. The Morgan fingerprint density at radius 2 is 0.981 bits per heavy atom. The van der Waals surface area contributed by atoms with E-state index in [1.807, 2.05) is 28.0 Å². The fraction of sp³-hybridized carbons (Fsp3) is 0.447. The number of rotatable bonds is 6. The molecule has 0 saturated heterocycles. The van der Waals surface area contributed by atoms with Gasteiger partial charge in [0.15, 0.2) is 0 Å². The number of fused-ring (bicyclic) bond motifs is 3. The van der Waals surface area contributed by atoms with E-state index in [2.05, 4.69) is 52.5 Å². The van der Waals surface area contributed by atoms with Crippen LogP contribution in [-0.4, -0.2) is 89.0 Å². The molecule has 0 spiro atoms. The van der Waals surface area contributed by atoms with Crippen LogP contribution in [-0.2, 0) is 19.3 Å². The van der Waals surface area contributed by atoms with E-state index in [4.69, 9.17) is 4.74 Å². The van der Waals surface area contributed by atoms with E-state index in [9.17, 15) is 28.3 Å². The fourth-order valence-corrected chi connectivity index (χ4v) is 8.72. The summed E-state index contributed by atoms with van der Waals surface area (Å²) < 4.78 is 37.2. The lowest BCUT2D eigenvalue weighted by atomic mass is 9.98. The van der Waals surface area contributed by atoms with E-state index in [0.29, 0.717) is 46.4 Å². The maximum Gasteiger partial charge on any atom is 0.387 e. The van der Waals surface area contributed by atoms with Crippen LogP contribution in [0.1, 0.15) is 86.3 Å². The first-order valence-electron chi connectivity index (χ1n) is 17.5. The van der Waals surface area contributed by atoms with Gasteiger partial charge in [0.2, 0.25) is 0 Å². The molecule has 9 nitrogen and oxygen atoms in total. The van der Waals surface area contributed by atoms with Crippen molar-refractivity contribution in [2.24, 2.45) is 0 Å². The molecule has 1 N–H and O–H groups in total. The summed E-state index contributed by atoms with van der Waals surface area (Å²) in [6.45, 7) is -0.647. The Bertz CT molecular complexity index is 1900. The summed E-state index contributed by atoms with van der Waals surface area (Å²) in [4.78, 5) is 42.7. The molecule has 3 aliphatic heterocycles. The second kappa shape index (κ2) is 15.3. The van der Waals surface area contributed by atoms with Crippen LogP contribution in [0, 0.1) is 0 Å². The number of phenolic OH excluding ortho intramolecular Hbond substituents is 1. The molecule has 0 unspecified atom stereocenters. The zero-order valence-electron chi connectivity index (χ0n) is 28.5. The molecule has 0 bridgehead atoms. The van der Waals surface area contributed by atoms with Crippen LogP contribution >= 0.6 is 47.8 Å². The maximum absolute atomic E-state index is 12.5. The first-order valence-corrected chi connectivity index (χ1v) is 19.9. The lowest BCUT2D eigenvalue weighted by Crippen LogP contribution is -2.39. The molecule has 0 aromatic heterocycles. The molecule has 0 atom stereocenters. The summed E-state index contributed by atoms with van der Waals surface area (Å²) in [6, 6.07) is 11.8. The van der Waals surface area contributed by atoms with Crippen molar-refractivity contribution >= 4 is 65.5 Å². The van der Waals surface area contributed by atoms with Gasteiger partial charge in [0.25, 0.3) is 17.7 Å². The van der Waals surface area contributed by atoms with Gasteiger partial charge in [0.1, 0.15) is 17.2 Å². The van der Waals surface area contributed by atoms with Crippen molar-refractivity contribution in [3.05, 3.63) is 83.2 Å². The number of methoxy groups -OCH3 is 1. The highest BCUT2D eigenvalue weighted by atomic mass is 79.9.